The molecule has 0 saturated carbocycles. The normalized spacial score (nSPS) is 14.0. The van der Waals surface area contributed by atoms with E-state index >= 15 is 0 Å². The van der Waals surface area contributed by atoms with Gasteiger partial charge in [-0.05, 0) is 39.0 Å². The molecule has 0 aliphatic carbocycles. The van der Waals surface area contributed by atoms with Crippen LogP contribution in [0.4, 0.5) is 17.6 Å². The molecule has 112 valence electrons. The van der Waals surface area contributed by atoms with Crippen LogP contribution >= 0.6 is 11.6 Å². The Bertz CT molecular complexity index is 512. The van der Waals surface area contributed by atoms with E-state index in [1.807, 2.05) is 0 Å². The van der Waals surface area contributed by atoms with E-state index in [0.29, 0.717) is 18.2 Å². The standard InChI is InChI=1S/C13H14ClF4NO/c1-7(14)12(2,3)19-11(20)9-6-8(13(16,17)18)4-5-10(9)15/h4-7H,1-3H3,(H,19,20). The lowest BCUT2D eigenvalue weighted by molar-refractivity contribution is -0.137. The zero-order valence-electron chi connectivity index (χ0n) is 11.1. The second-order valence-corrected chi connectivity index (χ2v) is 5.64. The molecule has 0 aliphatic rings. The van der Waals surface area contributed by atoms with Crippen LogP contribution in [-0.4, -0.2) is 16.8 Å². The Labute approximate surface area is 119 Å². The zero-order valence-corrected chi connectivity index (χ0v) is 11.9. The monoisotopic (exact) mass is 311 g/mol. The quantitative estimate of drug-likeness (QED) is 0.664. The van der Waals surface area contributed by atoms with Crippen LogP contribution in [0.3, 0.4) is 0 Å². The molecule has 0 aliphatic heterocycles. The molecule has 0 bridgehead atoms. The van der Waals surface area contributed by atoms with E-state index in [-0.39, 0.29) is 0 Å². The molecule has 7 heteroatoms. The fraction of sp³-hybridized carbons (Fsp3) is 0.462. The first-order valence-corrected chi connectivity index (χ1v) is 6.22. The highest BCUT2D eigenvalue weighted by atomic mass is 35.5. The van der Waals surface area contributed by atoms with E-state index < -0.39 is 39.9 Å². The molecule has 1 amide bonds. The molecule has 0 heterocycles. The van der Waals surface area contributed by atoms with Crippen molar-refractivity contribution in [3.05, 3.63) is 35.1 Å². The molecule has 0 saturated heterocycles. The number of alkyl halides is 4. The summed E-state index contributed by atoms with van der Waals surface area (Å²) in [6.07, 6.45) is -4.64. The SMILES string of the molecule is CC(Cl)C(C)(C)NC(=O)c1cc(C(F)(F)F)ccc1F. The van der Waals surface area contributed by atoms with E-state index in [2.05, 4.69) is 5.32 Å². The third-order valence-electron chi connectivity index (χ3n) is 2.97. The number of carbonyl (C=O) groups is 1. The van der Waals surface area contributed by atoms with Gasteiger partial charge in [0.25, 0.3) is 5.91 Å². The topological polar surface area (TPSA) is 29.1 Å². The Balaban J connectivity index is 3.11. The van der Waals surface area contributed by atoms with Crippen molar-refractivity contribution in [2.45, 2.75) is 37.9 Å². The van der Waals surface area contributed by atoms with Crippen LogP contribution < -0.4 is 5.32 Å². The van der Waals surface area contributed by atoms with Gasteiger partial charge in [-0.3, -0.25) is 4.79 Å². The highest BCUT2D eigenvalue weighted by molar-refractivity contribution is 6.21. The highest BCUT2D eigenvalue weighted by Crippen LogP contribution is 2.30. The second kappa shape index (κ2) is 5.60. The van der Waals surface area contributed by atoms with Gasteiger partial charge in [0.05, 0.1) is 22.0 Å². The van der Waals surface area contributed by atoms with Crippen molar-refractivity contribution in [3.63, 3.8) is 0 Å². The van der Waals surface area contributed by atoms with Gasteiger partial charge in [0.2, 0.25) is 0 Å². The third-order valence-corrected chi connectivity index (χ3v) is 3.51. The number of hydrogen-bond acceptors (Lipinski definition) is 1. The van der Waals surface area contributed by atoms with Crippen molar-refractivity contribution < 1.29 is 22.4 Å². The lowest BCUT2D eigenvalue weighted by Gasteiger charge is -2.29. The van der Waals surface area contributed by atoms with Gasteiger partial charge in [0.1, 0.15) is 5.82 Å². The van der Waals surface area contributed by atoms with Crippen molar-refractivity contribution in [3.8, 4) is 0 Å². The van der Waals surface area contributed by atoms with Gasteiger partial charge in [-0.25, -0.2) is 4.39 Å². The molecule has 1 rings (SSSR count). The number of halogens is 5. The summed E-state index contributed by atoms with van der Waals surface area (Å²) in [5.41, 5.74) is -2.63. The first-order chi connectivity index (χ1) is 8.95. The number of nitrogens with one attached hydrogen (secondary N) is 1. The Kier molecular flexibility index (Phi) is 4.69. The molecular weight excluding hydrogens is 298 g/mol. The van der Waals surface area contributed by atoms with E-state index in [9.17, 15) is 22.4 Å². The summed E-state index contributed by atoms with van der Waals surface area (Å²) in [5.74, 6) is -1.96. The smallest absolute Gasteiger partial charge is 0.346 e. The molecule has 1 atom stereocenters. The number of amides is 1. The van der Waals surface area contributed by atoms with Gasteiger partial charge in [-0.1, -0.05) is 0 Å². The van der Waals surface area contributed by atoms with Crippen molar-refractivity contribution in [1.29, 1.82) is 0 Å². The number of benzene rings is 1. The summed E-state index contributed by atoms with van der Waals surface area (Å²) in [6, 6.07) is 1.69. The molecule has 0 aromatic heterocycles. The van der Waals surface area contributed by atoms with Crippen LogP contribution in [-0.2, 0) is 6.18 Å². The second-order valence-electron chi connectivity index (χ2n) is 4.98. The lowest BCUT2D eigenvalue weighted by Crippen LogP contribution is -2.49. The van der Waals surface area contributed by atoms with Gasteiger partial charge in [-0.15, -0.1) is 11.6 Å². The minimum Gasteiger partial charge on any atom is -0.346 e. The maximum Gasteiger partial charge on any atom is 0.416 e. The molecule has 1 aromatic carbocycles. The Hall–Kier alpha value is -1.30. The molecular formula is C13H14ClF4NO. The molecule has 0 fully saturated rings. The predicted molar refractivity (Wildman–Crippen MR) is 68.3 cm³/mol. The van der Waals surface area contributed by atoms with Gasteiger partial charge >= 0.3 is 6.18 Å². The fourth-order valence-corrected chi connectivity index (χ4v) is 1.39. The van der Waals surface area contributed by atoms with Crippen LogP contribution in [0.2, 0.25) is 0 Å². The summed E-state index contributed by atoms with van der Waals surface area (Å²) in [7, 11) is 0. The first kappa shape index (κ1) is 16.8. The average Bonchev–Trinajstić information content (AvgIpc) is 2.26. The Morgan fingerprint density at radius 3 is 2.30 bits per heavy atom. The van der Waals surface area contributed by atoms with Crippen LogP contribution in [0.5, 0.6) is 0 Å². The predicted octanol–water partition coefficient (Wildman–Crippen LogP) is 3.98. The van der Waals surface area contributed by atoms with Crippen LogP contribution in [0.25, 0.3) is 0 Å². The highest BCUT2D eigenvalue weighted by Gasteiger charge is 2.33. The summed E-state index contributed by atoms with van der Waals surface area (Å²) in [4.78, 5) is 11.9. The molecule has 20 heavy (non-hydrogen) atoms. The first-order valence-electron chi connectivity index (χ1n) is 5.78. The Morgan fingerprint density at radius 1 is 1.30 bits per heavy atom. The average molecular weight is 312 g/mol. The van der Waals surface area contributed by atoms with Crippen molar-refractivity contribution in [1.82, 2.24) is 5.32 Å². The number of hydrogen-bond donors (Lipinski definition) is 1. The molecule has 1 aromatic rings. The lowest BCUT2D eigenvalue weighted by atomic mass is 10.00. The molecule has 1 N–H and O–H groups in total. The van der Waals surface area contributed by atoms with E-state index in [1.165, 1.54) is 0 Å². The molecule has 0 spiro atoms. The summed E-state index contributed by atoms with van der Waals surface area (Å²) >= 11 is 5.86. The van der Waals surface area contributed by atoms with Crippen molar-refractivity contribution >= 4 is 17.5 Å². The molecule has 1 unspecified atom stereocenters. The third kappa shape index (κ3) is 3.85. The van der Waals surface area contributed by atoms with Gasteiger partial charge in [0, 0.05) is 0 Å². The maximum absolute atomic E-state index is 13.5. The largest absolute Gasteiger partial charge is 0.416 e. The molecule has 2 nitrogen and oxygen atoms in total. The molecule has 0 radical (unpaired) electrons. The maximum atomic E-state index is 13.5. The zero-order chi connectivity index (χ0) is 15.7. The summed E-state index contributed by atoms with van der Waals surface area (Å²) in [5, 5.41) is 1.93. The number of rotatable bonds is 3. The van der Waals surface area contributed by atoms with Crippen molar-refractivity contribution in [2.24, 2.45) is 0 Å². The minimum absolute atomic E-state index is 0.486. The Morgan fingerprint density at radius 2 is 1.85 bits per heavy atom. The number of carbonyl (C=O) groups excluding carboxylic acids is 1. The van der Waals surface area contributed by atoms with Crippen molar-refractivity contribution in [2.75, 3.05) is 0 Å². The van der Waals surface area contributed by atoms with Crippen LogP contribution in [0.15, 0.2) is 18.2 Å². The van der Waals surface area contributed by atoms with E-state index in [1.54, 1.807) is 20.8 Å². The van der Waals surface area contributed by atoms with Gasteiger partial charge in [-0.2, -0.15) is 13.2 Å². The summed E-state index contributed by atoms with van der Waals surface area (Å²) < 4.78 is 51.2. The van der Waals surface area contributed by atoms with Crippen LogP contribution in [0, 0.1) is 5.82 Å². The summed E-state index contributed by atoms with van der Waals surface area (Å²) in [6.45, 7) is 4.80. The van der Waals surface area contributed by atoms with Gasteiger partial charge < -0.3 is 5.32 Å². The minimum atomic E-state index is -4.64. The fourth-order valence-electron chi connectivity index (χ4n) is 1.33. The van der Waals surface area contributed by atoms with Crippen LogP contribution in [0.1, 0.15) is 36.7 Å². The van der Waals surface area contributed by atoms with E-state index in [0.717, 1.165) is 0 Å². The van der Waals surface area contributed by atoms with E-state index in [4.69, 9.17) is 11.6 Å². The van der Waals surface area contributed by atoms with Gasteiger partial charge in [0.15, 0.2) is 0 Å².